The van der Waals surface area contributed by atoms with Crippen LogP contribution in [-0.2, 0) is 22.5 Å². The SMILES string of the molecule is CC(C)(C)OC(=O)Cn1c(Cc2cccs2)ccc1-c1ccccc1. The first kappa shape index (κ1) is 17.5. The molecule has 0 atom stereocenters. The number of aromatic nitrogens is 1. The van der Waals surface area contributed by atoms with E-state index in [1.165, 1.54) is 4.88 Å². The zero-order valence-electron chi connectivity index (χ0n) is 14.9. The smallest absolute Gasteiger partial charge is 0.326 e. The number of thiophene rings is 1. The van der Waals surface area contributed by atoms with Crippen LogP contribution in [0.2, 0.25) is 0 Å². The standard InChI is InChI=1S/C21H23NO2S/c1-21(2,3)24-20(23)15-22-17(14-18-10-7-13-25-18)11-12-19(22)16-8-5-4-6-9-16/h4-13H,14-15H2,1-3H3. The molecule has 3 nitrogen and oxygen atoms in total. The molecule has 2 aromatic heterocycles. The van der Waals surface area contributed by atoms with Crippen LogP contribution in [0.25, 0.3) is 11.3 Å². The molecule has 0 aliphatic rings. The van der Waals surface area contributed by atoms with E-state index in [0.29, 0.717) is 0 Å². The van der Waals surface area contributed by atoms with Crippen molar-refractivity contribution in [3.05, 3.63) is 70.5 Å². The van der Waals surface area contributed by atoms with Crippen LogP contribution in [0.1, 0.15) is 31.3 Å². The number of hydrogen-bond acceptors (Lipinski definition) is 3. The summed E-state index contributed by atoms with van der Waals surface area (Å²) < 4.78 is 7.61. The number of esters is 1. The molecule has 3 aromatic rings. The van der Waals surface area contributed by atoms with E-state index in [9.17, 15) is 4.79 Å². The third kappa shape index (κ3) is 4.60. The Bertz CT molecular complexity index is 827. The maximum atomic E-state index is 12.4. The number of rotatable bonds is 5. The predicted octanol–water partition coefficient (Wildman–Crippen LogP) is 5.15. The molecule has 0 unspecified atom stereocenters. The van der Waals surface area contributed by atoms with E-state index in [4.69, 9.17) is 4.74 Å². The van der Waals surface area contributed by atoms with Crippen molar-refractivity contribution in [2.24, 2.45) is 0 Å². The maximum Gasteiger partial charge on any atom is 0.326 e. The van der Waals surface area contributed by atoms with E-state index >= 15 is 0 Å². The van der Waals surface area contributed by atoms with Gasteiger partial charge in [-0.15, -0.1) is 11.3 Å². The van der Waals surface area contributed by atoms with E-state index in [2.05, 4.69) is 46.3 Å². The Hall–Kier alpha value is -2.33. The summed E-state index contributed by atoms with van der Waals surface area (Å²) in [6.07, 6.45) is 0.813. The van der Waals surface area contributed by atoms with Gasteiger partial charge in [0.1, 0.15) is 12.1 Å². The Labute approximate surface area is 152 Å². The second-order valence-corrected chi connectivity index (χ2v) is 8.04. The van der Waals surface area contributed by atoms with E-state index in [0.717, 1.165) is 23.4 Å². The number of hydrogen-bond donors (Lipinski definition) is 0. The van der Waals surface area contributed by atoms with Crippen molar-refractivity contribution in [2.75, 3.05) is 0 Å². The second kappa shape index (κ2) is 7.28. The van der Waals surface area contributed by atoms with E-state index < -0.39 is 5.60 Å². The van der Waals surface area contributed by atoms with E-state index in [1.807, 2.05) is 39.0 Å². The number of nitrogens with zero attached hydrogens (tertiary/aromatic N) is 1. The van der Waals surface area contributed by atoms with Gasteiger partial charge in [0.15, 0.2) is 0 Å². The van der Waals surface area contributed by atoms with Crippen molar-refractivity contribution in [3.8, 4) is 11.3 Å². The van der Waals surface area contributed by atoms with Crippen LogP contribution in [0, 0.1) is 0 Å². The molecule has 0 saturated carbocycles. The first-order chi connectivity index (χ1) is 11.9. The lowest BCUT2D eigenvalue weighted by Crippen LogP contribution is -2.27. The number of carbonyl (C=O) groups is 1. The van der Waals surface area contributed by atoms with E-state index in [1.54, 1.807) is 11.3 Å². The molecule has 0 aliphatic carbocycles. The summed E-state index contributed by atoms with van der Waals surface area (Å²) in [5.41, 5.74) is 2.78. The Morgan fingerprint density at radius 3 is 2.44 bits per heavy atom. The van der Waals surface area contributed by atoms with Gasteiger partial charge in [-0.1, -0.05) is 36.4 Å². The third-order valence-corrected chi connectivity index (χ3v) is 4.66. The van der Waals surface area contributed by atoms with Crippen molar-refractivity contribution in [1.82, 2.24) is 4.57 Å². The van der Waals surface area contributed by atoms with Gasteiger partial charge in [-0.25, -0.2) is 0 Å². The molecule has 25 heavy (non-hydrogen) atoms. The van der Waals surface area contributed by atoms with Gasteiger partial charge in [-0.2, -0.15) is 0 Å². The van der Waals surface area contributed by atoms with Crippen LogP contribution in [-0.4, -0.2) is 16.1 Å². The molecule has 0 bridgehead atoms. The van der Waals surface area contributed by atoms with Gasteiger partial charge in [0.05, 0.1) is 0 Å². The maximum absolute atomic E-state index is 12.4. The number of benzene rings is 1. The molecular weight excluding hydrogens is 330 g/mol. The second-order valence-electron chi connectivity index (χ2n) is 7.00. The van der Waals surface area contributed by atoms with Crippen molar-refractivity contribution >= 4 is 17.3 Å². The fourth-order valence-electron chi connectivity index (χ4n) is 2.81. The lowest BCUT2D eigenvalue weighted by molar-refractivity contribution is -0.155. The lowest BCUT2D eigenvalue weighted by Gasteiger charge is -2.21. The Balaban J connectivity index is 1.93. The molecule has 4 heteroatoms. The summed E-state index contributed by atoms with van der Waals surface area (Å²) in [6.45, 7) is 5.90. The minimum atomic E-state index is -0.481. The molecule has 0 aliphatic heterocycles. The summed E-state index contributed by atoms with van der Waals surface area (Å²) in [5, 5.41) is 2.08. The summed E-state index contributed by atoms with van der Waals surface area (Å²) in [6, 6.07) is 18.5. The van der Waals surface area contributed by atoms with Crippen LogP contribution in [0.5, 0.6) is 0 Å². The molecule has 0 radical (unpaired) electrons. The zero-order chi connectivity index (χ0) is 17.9. The minimum Gasteiger partial charge on any atom is -0.459 e. The van der Waals surface area contributed by atoms with Gasteiger partial charge < -0.3 is 9.30 Å². The van der Waals surface area contributed by atoms with Crippen LogP contribution < -0.4 is 0 Å². The molecule has 1 aromatic carbocycles. The zero-order valence-corrected chi connectivity index (χ0v) is 15.7. The first-order valence-electron chi connectivity index (χ1n) is 8.40. The fraction of sp³-hybridized carbons (Fsp3) is 0.286. The molecule has 130 valence electrons. The van der Waals surface area contributed by atoms with Crippen molar-refractivity contribution < 1.29 is 9.53 Å². The van der Waals surface area contributed by atoms with Gasteiger partial charge in [0.2, 0.25) is 0 Å². The highest BCUT2D eigenvalue weighted by Gasteiger charge is 2.19. The van der Waals surface area contributed by atoms with Crippen molar-refractivity contribution in [2.45, 2.75) is 39.3 Å². The Morgan fingerprint density at radius 1 is 1.04 bits per heavy atom. The normalized spacial score (nSPS) is 11.5. The molecule has 0 spiro atoms. The number of ether oxygens (including phenoxy) is 1. The molecular formula is C21H23NO2S. The summed E-state index contributed by atoms with van der Waals surface area (Å²) in [5.74, 6) is -0.215. The molecule has 3 rings (SSSR count). The highest BCUT2D eigenvalue weighted by molar-refractivity contribution is 7.09. The molecule has 0 saturated heterocycles. The molecule has 0 fully saturated rings. The van der Waals surface area contributed by atoms with Gasteiger partial charge in [0.25, 0.3) is 0 Å². The minimum absolute atomic E-state index is 0.215. The van der Waals surface area contributed by atoms with E-state index in [-0.39, 0.29) is 12.5 Å². The van der Waals surface area contributed by atoms with Gasteiger partial charge in [0, 0.05) is 22.7 Å². The third-order valence-electron chi connectivity index (χ3n) is 3.78. The van der Waals surface area contributed by atoms with Crippen LogP contribution in [0.4, 0.5) is 0 Å². The highest BCUT2D eigenvalue weighted by Crippen LogP contribution is 2.25. The molecule has 0 N–H and O–H groups in total. The summed E-state index contributed by atoms with van der Waals surface area (Å²) in [7, 11) is 0. The lowest BCUT2D eigenvalue weighted by atomic mass is 10.1. The molecule has 2 heterocycles. The Kier molecular flexibility index (Phi) is 5.09. The Morgan fingerprint density at radius 2 is 1.80 bits per heavy atom. The average Bonchev–Trinajstić information content (AvgIpc) is 3.18. The summed E-state index contributed by atoms with van der Waals surface area (Å²) >= 11 is 1.73. The van der Waals surface area contributed by atoms with Crippen LogP contribution in [0.3, 0.4) is 0 Å². The van der Waals surface area contributed by atoms with Crippen molar-refractivity contribution in [1.29, 1.82) is 0 Å². The predicted molar refractivity (Wildman–Crippen MR) is 103 cm³/mol. The number of carbonyl (C=O) groups excluding carboxylic acids is 1. The summed E-state index contributed by atoms with van der Waals surface area (Å²) in [4.78, 5) is 13.7. The quantitative estimate of drug-likeness (QED) is 0.594. The topological polar surface area (TPSA) is 31.2 Å². The van der Waals surface area contributed by atoms with Crippen LogP contribution in [0.15, 0.2) is 60.0 Å². The monoisotopic (exact) mass is 353 g/mol. The largest absolute Gasteiger partial charge is 0.459 e. The molecule has 0 amide bonds. The van der Waals surface area contributed by atoms with Crippen molar-refractivity contribution in [3.63, 3.8) is 0 Å². The highest BCUT2D eigenvalue weighted by atomic mass is 32.1. The first-order valence-corrected chi connectivity index (χ1v) is 9.28. The van der Waals surface area contributed by atoms with Crippen LogP contribution >= 0.6 is 11.3 Å². The van der Waals surface area contributed by atoms with Gasteiger partial charge in [-0.05, 0) is 49.9 Å². The van der Waals surface area contributed by atoms with Gasteiger partial charge >= 0.3 is 5.97 Å². The van der Waals surface area contributed by atoms with Gasteiger partial charge in [-0.3, -0.25) is 4.79 Å². The average molecular weight is 353 g/mol. The fourth-order valence-corrected chi connectivity index (χ4v) is 3.53.